The highest BCUT2D eigenvalue weighted by Gasteiger charge is 2.24. The number of carbonyl (C=O) groups excluding carboxylic acids is 1. The predicted molar refractivity (Wildman–Crippen MR) is 66.3 cm³/mol. The van der Waals surface area contributed by atoms with Gasteiger partial charge in [-0.15, -0.1) is 11.3 Å². The minimum absolute atomic E-state index is 0.280. The second-order valence-corrected chi connectivity index (χ2v) is 5.88. The van der Waals surface area contributed by atoms with E-state index in [9.17, 15) is 4.79 Å². The lowest BCUT2D eigenvalue weighted by molar-refractivity contribution is -0.125. The van der Waals surface area contributed by atoms with Crippen LogP contribution in [0.2, 0.25) is 0 Å². The molecule has 0 radical (unpaired) electrons. The second-order valence-electron chi connectivity index (χ2n) is 4.59. The molecule has 1 aromatic rings. The first-order valence-corrected chi connectivity index (χ1v) is 6.08. The van der Waals surface area contributed by atoms with Crippen LogP contribution in [0.15, 0.2) is 0 Å². The van der Waals surface area contributed by atoms with E-state index in [4.69, 9.17) is 5.73 Å². The molecule has 1 heterocycles. The molecule has 0 fully saturated rings. The summed E-state index contributed by atoms with van der Waals surface area (Å²) < 4.78 is 0. The van der Waals surface area contributed by atoms with Crippen molar-refractivity contribution in [1.82, 2.24) is 10.3 Å². The van der Waals surface area contributed by atoms with Crippen LogP contribution in [0.25, 0.3) is 0 Å². The smallest absolute Gasteiger partial charge is 0.224 e. The Balaban J connectivity index is 2.48. The normalized spacial score (nSPS) is 11.8. The fraction of sp³-hybridized carbons (Fsp3) is 0.636. The zero-order valence-electron chi connectivity index (χ0n) is 10.3. The molecule has 0 spiro atoms. The summed E-state index contributed by atoms with van der Waals surface area (Å²) in [5, 5.41) is 4.32. The van der Waals surface area contributed by atoms with Gasteiger partial charge in [-0.2, -0.15) is 0 Å². The summed E-state index contributed by atoms with van der Waals surface area (Å²) >= 11 is 1.68. The zero-order valence-corrected chi connectivity index (χ0v) is 11.1. The summed E-state index contributed by atoms with van der Waals surface area (Å²) in [4.78, 5) is 16.7. The van der Waals surface area contributed by atoms with Gasteiger partial charge in [-0.3, -0.25) is 4.79 Å². The molecule has 5 heteroatoms. The molecular formula is C11H19N3OS. The highest BCUT2D eigenvalue weighted by Crippen LogP contribution is 2.17. The lowest BCUT2D eigenvalue weighted by Gasteiger charge is -2.20. The average Bonchev–Trinajstić information content (AvgIpc) is 2.44. The van der Waals surface area contributed by atoms with Crippen LogP contribution in [0.1, 0.15) is 29.4 Å². The Morgan fingerprint density at radius 2 is 2.12 bits per heavy atom. The van der Waals surface area contributed by atoms with Crippen LogP contribution in [0, 0.1) is 19.3 Å². The van der Waals surface area contributed by atoms with Gasteiger partial charge >= 0.3 is 0 Å². The van der Waals surface area contributed by atoms with Crippen LogP contribution in [-0.2, 0) is 11.3 Å². The Morgan fingerprint density at radius 3 is 2.56 bits per heavy atom. The third kappa shape index (κ3) is 3.28. The molecule has 1 aromatic heterocycles. The summed E-state index contributed by atoms with van der Waals surface area (Å²) in [6.07, 6.45) is 0. The Morgan fingerprint density at radius 1 is 1.50 bits per heavy atom. The quantitative estimate of drug-likeness (QED) is 0.818. The number of rotatable bonds is 5. The number of nitrogens with two attached hydrogens (primary N) is 1. The first-order chi connectivity index (χ1) is 7.33. The molecule has 4 nitrogen and oxygen atoms in total. The number of primary amides is 1. The van der Waals surface area contributed by atoms with Crippen LogP contribution in [-0.4, -0.2) is 17.4 Å². The Labute approximate surface area is 100 Å². The first kappa shape index (κ1) is 13.1. The van der Waals surface area contributed by atoms with Gasteiger partial charge in [0.25, 0.3) is 0 Å². The van der Waals surface area contributed by atoms with Crippen molar-refractivity contribution in [3.63, 3.8) is 0 Å². The standard InChI is InChI=1S/C11H19N3OS/c1-7-9(16-8(2)14-7)5-13-6-11(3,4)10(12)15/h13H,5-6H2,1-4H3,(H2,12,15). The molecule has 0 aliphatic carbocycles. The topological polar surface area (TPSA) is 68.0 Å². The van der Waals surface area contributed by atoms with Gasteiger partial charge in [0.15, 0.2) is 0 Å². The predicted octanol–water partition coefficient (Wildman–Crippen LogP) is 1.36. The Kier molecular flexibility index (Phi) is 4.04. The van der Waals surface area contributed by atoms with E-state index in [1.54, 1.807) is 11.3 Å². The van der Waals surface area contributed by atoms with Crippen LogP contribution < -0.4 is 11.1 Å². The van der Waals surface area contributed by atoms with Gasteiger partial charge in [0.1, 0.15) is 0 Å². The maximum Gasteiger partial charge on any atom is 0.224 e. The van der Waals surface area contributed by atoms with Gasteiger partial charge in [-0.1, -0.05) is 0 Å². The maximum atomic E-state index is 11.1. The number of hydrogen-bond acceptors (Lipinski definition) is 4. The highest BCUT2D eigenvalue weighted by atomic mass is 32.1. The summed E-state index contributed by atoms with van der Waals surface area (Å²) in [6.45, 7) is 9.00. The second kappa shape index (κ2) is 4.93. The minimum atomic E-state index is -0.506. The molecular weight excluding hydrogens is 222 g/mol. The molecule has 90 valence electrons. The maximum absolute atomic E-state index is 11.1. The van der Waals surface area contributed by atoms with E-state index in [2.05, 4.69) is 10.3 Å². The minimum Gasteiger partial charge on any atom is -0.369 e. The van der Waals surface area contributed by atoms with Gasteiger partial charge in [0.2, 0.25) is 5.91 Å². The Hall–Kier alpha value is -0.940. The molecule has 0 atom stereocenters. The van der Waals surface area contributed by atoms with Gasteiger partial charge in [0, 0.05) is 18.0 Å². The molecule has 16 heavy (non-hydrogen) atoms. The molecule has 1 rings (SSSR count). The van der Waals surface area contributed by atoms with Gasteiger partial charge in [-0.05, 0) is 27.7 Å². The van der Waals surface area contributed by atoms with Crippen molar-refractivity contribution in [2.24, 2.45) is 11.1 Å². The van der Waals surface area contributed by atoms with Crippen LogP contribution in [0.5, 0.6) is 0 Å². The van der Waals surface area contributed by atoms with Crippen LogP contribution >= 0.6 is 11.3 Å². The van der Waals surface area contributed by atoms with Gasteiger partial charge in [0.05, 0.1) is 16.1 Å². The van der Waals surface area contributed by atoms with E-state index >= 15 is 0 Å². The van der Waals surface area contributed by atoms with Crippen molar-refractivity contribution in [3.05, 3.63) is 15.6 Å². The number of hydrogen-bond donors (Lipinski definition) is 2. The van der Waals surface area contributed by atoms with Crippen LogP contribution in [0.3, 0.4) is 0 Å². The largest absolute Gasteiger partial charge is 0.369 e. The number of thiazole rings is 1. The third-order valence-electron chi connectivity index (χ3n) is 2.52. The van der Waals surface area contributed by atoms with Gasteiger partial charge < -0.3 is 11.1 Å². The molecule has 0 saturated heterocycles. The zero-order chi connectivity index (χ0) is 12.3. The number of nitrogens with one attached hydrogen (secondary N) is 1. The first-order valence-electron chi connectivity index (χ1n) is 5.26. The molecule has 0 bridgehead atoms. The van der Waals surface area contributed by atoms with Crippen molar-refractivity contribution in [3.8, 4) is 0 Å². The molecule has 1 amide bonds. The Bertz CT molecular complexity index is 385. The molecule has 0 aliphatic rings. The molecule has 0 unspecified atom stereocenters. The summed E-state index contributed by atoms with van der Waals surface area (Å²) in [5.74, 6) is -0.280. The number of aryl methyl sites for hydroxylation is 2. The fourth-order valence-electron chi connectivity index (χ4n) is 1.31. The lowest BCUT2D eigenvalue weighted by Crippen LogP contribution is -2.40. The number of carbonyl (C=O) groups is 1. The van der Waals surface area contributed by atoms with Crippen molar-refractivity contribution >= 4 is 17.2 Å². The van der Waals surface area contributed by atoms with Crippen molar-refractivity contribution in [1.29, 1.82) is 0 Å². The highest BCUT2D eigenvalue weighted by molar-refractivity contribution is 7.11. The fourth-order valence-corrected chi connectivity index (χ4v) is 2.22. The SMILES string of the molecule is Cc1nc(C)c(CNCC(C)(C)C(N)=O)s1. The summed E-state index contributed by atoms with van der Waals surface area (Å²) in [6, 6.07) is 0. The average molecular weight is 241 g/mol. The summed E-state index contributed by atoms with van der Waals surface area (Å²) in [5.41, 5.74) is 5.85. The van der Waals surface area contributed by atoms with Crippen molar-refractivity contribution in [2.75, 3.05) is 6.54 Å². The van der Waals surface area contributed by atoms with Crippen molar-refractivity contribution in [2.45, 2.75) is 34.2 Å². The van der Waals surface area contributed by atoms with Crippen molar-refractivity contribution < 1.29 is 4.79 Å². The molecule has 0 aliphatic heterocycles. The van der Waals surface area contributed by atoms with E-state index in [0.717, 1.165) is 17.2 Å². The number of aromatic nitrogens is 1. The molecule has 0 aromatic carbocycles. The lowest BCUT2D eigenvalue weighted by atomic mass is 9.93. The molecule has 0 saturated carbocycles. The summed E-state index contributed by atoms with van der Waals surface area (Å²) in [7, 11) is 0. The van der Waals surface area contributed by atoms with E-state index in [1.165, 1.54) is 4.88 Å². The van der Waals surface area contributed by atoms with Gasteiger partial charge in [-0.25, -0.2) is 4.98 Å². The van der Waals surface area contributed by atoms with Crippen LogP contribution in [0.4, 0.5) is 0 Å². The number of nitrogens with zero attached hydrogens (tertiary/aromatic N) is 1. The van der Waals surface area contributed by atoms with E-state index in [0.29, 0.717) is 6.54 Å². The number of amides is 1. The van der Waals surface area contributed by atoms with E-state index in [1.807, 2.05) is 27.7 Å². The third-order valence-corrected chi connectivity index (χ3v) is 3.59. The monoisotopic (exact) mass is 241 g/mol. The molecule has 3 N–H and O–H groups in total. The van der Waals surface area contributed by atoms with E-state index < -0.39 is 5.41 Å². The van der Waals surface area contributed by atoms with E-state index in [-0.39, 0.29) is 5.91 Å².